The molecule has 1 spiro atoms. The summed E-state index contributed by atoms with van der Waals surface area (Å²) >= 11 is 0. The lowest BCUT2D eigenvalue weighted by Crippen LogP contribution is -2.51. The van der Waals surface area contributed by atoms with Gasteiger partial charge in [-0.2, -0.15) is 17.2 Å². The van der Waals surface area contributed by atoms with Crippen molar-refractivity contribution in [2.24, 2.45) is 23.2 Å². The maximum Gasteiger partial charge on any atom is 0.402 e. The van der Waals surface area contributed by atoms with Crippen molar-refractivity contribution >= 4 is 16.1 Å². The second-order valence-corrected chi connectivity index (χ2v) is 8.39. The Labute approximate surface area is 121 Å². The molecule has 4 rings (SSSR count). The van der Waals surface area contributed by atoms with Crippen molar-refractivity contribution in [1.82, 2.24) is 0 Å². The zero-order valence-electron chi connectivity index (χ0n) is 11.4. The normalized spacial score (nSPS) is 38.5. The van der Waals surface area contributed by atoms with E-state index in [0.717, 1.165) is 19.3 Å². The third-order valence-electron chi connectivity index (χ3n) is 5.39. The van der Waals surface area contributed by atoms with E-state index in [9.17, 15) is 22.0 Å². The molecular formula is C13H18F2O5S. The Bertz CT molecular complexity index is 553. The summed E-state index contributed by atoms with van der Waals surface area (Å²) in [4.78, 5) is 12.0. The third kappa shape index (κ3) is 2.56. The minimum atomic E-state index is -5.56. The Kier molecular flexibility index (Phi) is 3.33. The zero-order chi connectivity index (χ0) is 15.5. The van der Waals surface area contributed by atoms with Crippen LogP contribution in [0.3, 0.4) is 0 Å². The summed E-state index contributed by atoms with van der Waals surface area (Å²) in [5, 5.41) is -4.45. The Hall–Kier alpha value is -0.760. The van der Waals surface area contributed by atoms with Crippen molar-refractivity contribution in [1.29, 1.82) is 0 Å². The minimum absolute atomic E-state index is 0.165. The molecule has 0 amide bonds. The van der Waals surface area contributed by atoms with Gasteiger partial charge in [0.15, 0.2) is 6.61 Å². The smallest absolute Gasteiger partial charge is 0.402 e. The number of alkyl halides is 2. The molecule has 4 aliphatic carbocycles. The van der Waals surface area contributed by atoms with Crippen molar-refractivity contribution < 1.29 is 31.3 Å². The van der Waals surface area contributed by atoms with Crippen LogP contribution in [0.5, 0.6) is 0 Å². The predicted octanol–water partition coefficient (Wildman–Crippen LogP) is 2.23. The molecular weight excluding hydrogens is 306 g/mol. The molecule has 5 nitrogen and oxygen atoms in total. The highest BCUT2D eigenvalue weighted by atomic mass is 32.2. The Balaban J connectivity index is 1.59. The van der Waals surface area contributed by atoms with E-state index in [1.165, 1.54) is 12.8 Å². The van der Waals surface area contributed by atoms with Crippen LogP contribution in [0, 0.1) is 23.2 Å². The number of halogens is 2. The summed E-state index contributed by atoms with van der Waals surface area (Å²) in [5.74, 6) is -0.380. The molecule has 0 aromatic rings. The first-order chi connectivity index (χ1) is 9.62. The fourth-order valence-electron chi connectivity index (χ4n) is 4.52. The highest BCUT2D eigenvalue weighted by molar-refractivity contribution is 7.86. The molecule has 1 N–H and O–H groups in total. The summed E-state index contributed by atoms with van der Waals surface area (Å²) in [5.41, 5.74) is 0.364. The summed E-state index contributed by atoms with van der Waals surface area (Å²) in [7, 11) is -5.56. The largest absolute Gasteiger partial charge is 0.458 e. The average molecular weight is 324 g/mol. The molecule has 0 saturated heterocycles. The van der Waals surface area contributed by atoms with Gasteiger partial charge in [-0.25, -0.2) is 0 Å². The number of esters is 1. The van der Waals surface area contributed by atoms with E-state index in [2.05, 4.69) is 4.74 Å². The summed E-state index contributed by atoms with van der Waals surface area (Å²) in [6, 6.07) is 0. The van der Waals surface area contributed by atoms with E-state index in [-0.39, 0.29) is 5.92 Å². The summed E-state index contributed by atoms with van der Waals surface area (Å²) in [6.07, 6.45) is 5.83. The fourth-order valence-corrected chi connectivity index (χ4v) is 4.73. The first-order valence-corrected chi connectivity index (χ1v) is 8.57. The number of carbonyl (C=O) groups is 1. The van der Waals surface area contributed by atoms with Crippen LogP contribution in [-0.2, 0) is 19.6 Å². The van der Waals surface area contributed by atoms with Gasteiger partial charge in [-0.1, -0.05) is 0 Å². The molecule has 0 heterocycles. The first-order valence-electron chi connectivity index (χ1n) is 7.13. The third-order valence-corrected chi connectivity index (χ3v) is 6.26. The second kappa shape index (κ2) is 4.62. The van der Waals surface area contributed by atoms with Gasteiger partial charge >= 0.3 is 21.3 Å². The predicted molar refractivity (Wildman–Crippen MR) is 68.1 cm³/mol. The minimum Gasteiger partial charge on any atom is -0.458 e. The molecule has 0 aliphatic heterocycles. The van der Waals surface area contributed by atoms with Gasteiger partial charge in [0.05, 0.1) is 5.92 Å². The molecule has 8 heteroatoms. The van der Waals surface area contributed by atoms with E-state index in [0.29, 0.717) is 17.8 Å². The Morgan fingerprint density at radius 2 is 2.00 bits per heavy atom. The van der Waals surface area contributed by atoms with Gasteiger partial charge in [0.25, 0.3) is 0 Å². The molecule has 21 heavy (non-hydrogen) atoms. The lowest BCUT2D eigenvalue weighted by molar-refractivity contribution is -0.167. The van der Waals surface area contributed by atoms with Crippen LogP contribution in [0.15, 0.2) is 0 Å². The molecule has 4 fully saturated rings. The Morgan fingerprint density at radius 3 is 2.62 bits per heavy atom. The number of ether oxygens (including phenoxy) is 1. The van der Waals surface area contributed by atoms with Crippen molar-refractivity contribution in [3.05, 3.63) is 0 Å². The van der Waals surface area contributed by atoms with E-state index < -0.39 is 33.9 Å². The lowest BCUT2D eigenvalue weighted by atomic mass is 9.45. The zero-order valence-corrected chi connectivity index (χ0v) is 12.2. The number of carbonyl (C=O) groups excluding carboxylic acids is 1. The number of hydrogen-bond donors (Lipinski definition) is 1. The van der Waals surface area contributed by atoms with Crippen LogP contribution in [0.2, 0.25) is 0 Å². The molecule has 120 valence electrons. The van der Waals surface area contributed by atoms with Crippen LogP contribution < -0.4 is 0 Å². The number of hydrogen-bond acceptors (Lipinski definition) is 4. The van der Waals surface area contributed by atoms with Gasteiger partial charge in [0.2, 0.25) is 0 Å². The summed E-state index contributed by atoms with van der Waals surface area (Å²) in [6.45, 7) is -1.62. The molecule has 2 unspecified atom stereocenters. The van der Waals surface area contributed by atoms with Crippen molar-refractivity contribution in [2.75, 3.05) is 6.61 Å². The fraction of sp³-hybridized carbons (Fsp3) is 0.923. The second-order valence-electron chi connectivity index (χ2n) is 6.84. The van der Waals surface area contributed by atoms with E-state index in [1.807, 2.05) is 0 Å². The highest BCUT2D eigenvalue weighted by Gasteiger charge is 2.56. The molecule has 0 aromatic heterocycles. The van der Waals surface area contributed by atoms with Crippen LogP contribution in [0.25, 0.3) is 0 Å². The molecule has 2 atom stereocenters. The van der Waals surface area contributed by atoms with Gasteiger partial charge in [-0.3, -0.25) is 9.35 Å². The average Bonchev–Trinajstić information content (AvgIpc) is 2.33. The highest BCUT2D eigenvalue weighted by Crippen LogP contribution is 2.64. The first kappa shape index (κ1) is 15.1. The lowest BCUT2D eigenvalue weighted by Gasteiger charge is -2.60. The van der Waals surface area contributed by atoms with E-state index >= 15 is 0 Å². The van der Waals surface area contributed by atoms with Gasteiger partial charge in [-0.05, 0) is 55.8 Å². The van der Waals surface area contributed by atoms with Gasteiger partial charge in [-0.15, -0.1) is 0 Å². The maximum absolute atomic E-state index is 13.1. The van der Waals surface area contributed by atoms with Crippen molar-refractivity contribution in [2.45, 2.75) is 43.8 Å². The maximum atomic E-state index is 13.1. The van der Waals surface area contributed by atoms with Crippen LogP contribution >= 0.6 is 0 Å². The molecule has 4 aliphatic rings. The molecule has 3 bridgehead atoms. The van der Waals surface area contributed by atoms with Gasteiger partial charge in [0.1, 0.15) is 0 Å². The quantitative estimate of drug-likeness (QED) is 0.633. The van der Waals surface area contributed by atoms with Crippen LogP contribution in [0.4, 0.5) is 8.78 Å². The van der Waals surface area contributed by atoms with Gasteiger partial charge < -0.3 is 4.74 Å². The van der Waals surface area contributed by atoms with Crippen LogP contribution in [0.1, 0.15) is 38.5 Å². The van der Waals surface area contributed by atoms with Crippen molar-refractivity contribution in [3.8, 4) is 0 Å². The molecule has 4 saturated carbocycles. The Morgan fingerprint density at radius 1 is 1.33 bits per heavy atom. The van der Waals surface area contributed by atoms with Crippen molar-refractivity contribution in [3.63, 3.8) is 0 Å². The van der Waals surface area contributed by atoms with E-state index in [1.54, 1.807) is 0 Å². The standard InChI is InChI=1S/C13H18F2O5S/c14-13(15,21(17,18)19)7-20-11(16)10-1-2-12-4-8(5-12)3-9(10)6-12/h8-10H,1-7H2,(H,17,18,19). The summed E-state index contributed by atoms with van der Waals surface area (Å²) < 4.78 is 59.9. The number of rotatable bonds is 4. The van der Waals surface area contributed by atoms with Crippen LogP contribution in [-0.4, -0.2) is 30.8 Å². The SMILES string of the molecule is O=C(OCC(F)(F)S(=O)(=O)O)C1CCC23CC(CC1C2)C3. The van der Waals surface area contributed by atoms with E-state index in [4.69, 9.17) is 4.55 Å². The van der Waals surface area contributed by atoms with Gasteiger partial charge in [0, 0.05) is 0 Å². The molecule has 0 aromatic carbocycles. The topological polar surface area (TPSA) is 80.7 Å². The molecule has 0 radical (unpaired) electrons. The monoisotopic (exact) mass is 324 g/mol.